The van der Waals surface area contributed by atoms with Crippen molar-refractivity contribution in [1.29, 1.82) is 0 Å². The number of hydrogen-bond acceptors (Lipinski definition) is 0. The van der Waals surface area contributed by atoms with Gasteiger partial charge in [-0.05, 0) is 11.5 Å². The molecule has 0 aliphatic heterocycles. The Balaban J connectivity index is 2.45. The standard InChI is InChI=1S/C11H24Si/c1-10(2)9-12(3,4)11-7-5-6-8-11/h10-11H,5-9H2,1-4H3. The van der Waals surface area contributed by atoms with Gasteiger partial charge in [-0.2, -0.15) is 0 Å². The van der Waals surface area contributed by atoms with Crippen LogP contribution in [0, 0.1) is 5.92 Å². The van der Waals surface area contributed by atoms with Gasteiger partial charge >= 0.3 is 0 Å². The van der Waals surface area contributed by atoms with Crippen LogP contribution in [0.25, 0.3) is 0 Å². The molecule has 0 radical (unpaired) electrons. The molecule has 72 valence electrons. The lowest BCUT2D eigenvalue weighted by atomic mass is 10.3. The molecule has 0 aromatic carbocycles. The summed E-state index contributed by atoms with van der Waals surface area (Å²) in [5.41, 5.74) is 1.15. The first-order valence-electron chi connectivity index (χ1n) is 5.52. The van der Waals surface area contributed by atoms with E-state index in [2.05, 4.69) is 26.9 Å². The molecule has 0 saturated heterocycles. The molecule has 0 unspecified atom stereocenters. The third-order valence-corrected chi connectivity index (χ3v) is 8.05. The van der Waals surface area contributed by atoms with E-state index in [0.717, 1.165) is 11.5 Å². The Morgan fingerprint density at radius 1 is 1.17 bits per heavy atom. The van der Waals surface area contributed by atoms with Crippen molar-refractivity contribution >= 4 is 8.07 Å². The molecule has 1 aliphatic carbocycles. The van der Waals surface area contributed by atoms with E-state index in [1.807, 2.05) is 0 Å². The second-order valence-corrected chi connectivity index (χ2v) is 10.8. The van der Waals surface area contributed by atoms with E-state index in [1.165, 1.54) is 18.9 Å². The van der Waals surface area contributed by atoms with Crippen LogP contribution < -0.4 is 0 Å². The Labute approximate surface area is 78.8 Å². The van der Waals surface area contributed by atoms with E-state index in [0.29, 0.717) is 0 Å². The average molecular weight is 184 g/mol. The summed E-state index contributed by atoms with van der Waals surface area (Å²) in [6.45, 7) is 9.96. The zero-order chi connectivity index (χ0) is 9.19. The van der Waals surface area contributed by atoms with E-state index in [-0.39, 0.29) is 0 Å². The van der Waals surface area contributed by atoms with Crippen LogP contribution in [0.3, 0.4) is 0 Å². The average Bonchev–Trinajstić information content (AvgIpc) is 2.32. The van der Waals surface area contributed by atoms with Gasteiger partial charge in [0.25, 0.3) is 0 Å². The molecular weight excluding hydrogens is 160 g/mol. The summed E-state index contributed by atoms with van der Waals surface area (Å²) < 4.78 is 0. The van der Waals surface area contributed by atoms with Gasteiger partial charge in [0.05, 0.1) is 8.07 Å². The fraction of sp³-hybridized carbons (Fsp3) is 1.00. The fourth-order valence-corrected chi connectivity index (χ4v) is 7.34. The monoisotopic (exact) mass is 184 g/mol. The fourth-order valence-electron chi connectivity index (χ4n) is 2.93. The van der Waals surface area contributed by atoms with Crippen LogP contribution in [0.4, 0.5) is 0 Å². The minimum atomic E-state index is -0.833. The lowest BCUT2D eigenvalue weighted by molar-refractivity contribution is 0.697. The van der Waals surface area contributed by atoms with Crippen LogP contribution in [0.15, 0.2) is 0 Å². The molecule has 1 rings (SSSR count). The van der Waals surface area contributed by atoms with Crippen molar-refractivity contribution < 1.29 is 0 Å². The van der Waals surface area contributed by atoms with Gasteiger partial charge < -0.3 is 0 Å². The number of rotatable bonds is 3. The second kappa shape index (κ2) is 3.95. The van der Waals surface area contributed by atoms with Gasteiger partial charge in [-0.3, -0.25) is 0 Å². The van der Waals surface area contributed by atoms with Crippen LogP contribution in [0.2, 0.25) is 24.7 Å². The summed E-state index contributed by atoms with van der Waals surface area (Å²) in [6, 6.07) is 1.54. The molecule has 0 aromatic rings. The van der Waals surface area contributed by atoms with E-state index < -0.39 is 8.07 Å². The Morgan fingerprint density at radius 3 is 2.08 bits per heavy atom. The molecule has 1 fully saturated rings. The highest BCUT2D eigenvalue weighted by Crippen LogP contribution is 2.41. The topological polar surface area (TPSA) is 0 Å². The summed E-state index contributed by atoms with van der Waals surface area (Å²) in [5.74, 6) is 0.923. The van der Waals surface area contributed by atoms with Crippen LogP contribution in [0.1, 0.15) is 39.5 Å². The van der Waals surface area contributed by atoms with Gasteiger partial charge in [0.15, 0.2) is 0 Å². The lowest BCUT2D eigenvalue weighted by Crippen LogP contribution is -2.32. The molecule has 1 saturated carbocycles. The van der Waals surface area contributed by atoms with E-state index in [1.54, 1.807) is 12.8 Å². The van der Waals surface area contributed by atoms with Crippen molar-refractivity contribution in [3.8, 4) is 0 Å². The van der Waals surface area contributed by atoms with Gasteiger partial charge in [-0.25, -0.2) is 0 Å². The summed E-state index contributed by atoms with van der Waals surface area (Å²) in [7, 11) is -0.833. The lowest BCUT2D eigenvalue weighted by Gasteiger charge is -2.31. The third kappa shape index (κ3) is 2.62. The zero-order valence-electron chi connectivity index (χ0n) is 9.19. The highest BCUT2D eigenvalue weighted by Gasteiger charge is 2.33. The molecule has 0 aromatic heterocycles. The quantitative estimate of drug-likeness (QED) is 0.574. The second-order valence-electron chi connectivity index (χ2n) is 5.57. The first-order chi connectivity index (χ1) is 5.52. The summed E-state index contributed by atoms with van der Waals surface area (Å²) in [5, 5.41) is 0. The van der Waals surface area contributed by atoms with E-state index in [4.69, 9.17) is 0 Å². The highest BCUT2D eigenvalue weighted by molar-refractivity contribution is 6.78. The predicted molar refractivity (Wildman–Crippen MR) is 59.3 cm³/mol. The van der Waals surface area contributed by atoms with Crippen molar-refractivity contribution in [1.82, 2.24) is 0 Å². The largest absolute Gasteiger partial charge is 0.0691 e. The molecule has 1 heteroatoms. The predicted octanol–water partition coefficient (Wildman–Crippen LogP) is 4.30. The van der Waals surface area contributed by atoms with E-state index in [9.17, 15) is 0 Å². The number of hydrogen-bond donors (Lipinski definition) is 0. The maximum atomic E-state index is 2.60. The Hall–Kier alpha value is 0.217. The Bertz CT molecular complexity index is 132. The summed E-state index contributed by atoms with van der Waals surface area (Å²) in [6.07, 6.45) is 6.12. The highest BCUT2D eigenvalue weighted by atomic mass is 28.3. The van der Waals surface area contributed by atoms with Gasteiger partial charge in [-0.15, -0.1) is 0 Å². The normalized spacial score (nSPS) is 20.8. The Morgan fingerprint density at radius 2 is 1.67 bits per heavy atom. The van der Waals surface area contributed by atoms with Crippen molar-refractivity contribution in [2.45, 2.75) is 64.2 Å². The zero-order valence-corrected chi connectivity index (χ0v) is 10.2. The minimum absolute atomic E-state index is 0.833. The molecule has 0 heterocycles. The van der Waals surface area contributed by atoms with Gasteiger partial charge in [0.1, 0.15) is 0 Å². The summed E-state index contributed by atoms with van der Waals surface area (Å²) in [4.78, 5) is 0. The van der Waals surface area contributed by atoms with Crippen molar-refractivity contribution in [3.63, 3.8) is 0 Å². The maximum absolute atomic E-state index is 2.60. The molecule has 0 nitrogen and oxygen atoms in total. The first kappa shape index (κ1) is 10.3. The van der Waals surface area contributed by atoms with Gasteiger partial charge in [0.2, 0.25) is 0 Å². The van der Waals surface area contributed by atoms with E-state index >= 15 is 0 Å². The molecule has 12 heavy (non-hydrogen) atoms. The molecular formula is C11H24Si. The van der Waals surface area contributed by atoms with Crippen LogP contribution in [0.5, 0.6) is 0 Å². The van der Waals surface area contributed by atoms with Crippen molar-refractivity contribution in [2.24, 2.45) is 5.92 Å². The molecule has 0 bridgehead atoms. The molecule has 0 atom stereocenters. The van der Waals surface area contributed by atoms with Gasteiger partial charge in [-0.1, -0.05) is 58.7 Å². The molecule has 0 spiro atoms. The van der Waals surface area contributed by atoms with Gasteiger partial charge in [0, 0.05) is 0 Å². The maximum Gasteiger partial charge on any atom is 0.0507 e. The van der Waals surface area contributed by atoms with Crippen molar-refractivity contribution in [3.05, 3.63) is 0 Å². The first-order valence-corrected chi connectivity index (χ1v) is 8.81. The summed E-state index contributed by atoms with van der Waals surface area (Å²) >= 11 is 0. The smallest absolute Gasteiger partial charge is 0.0507 e. The third-order valence-electron chi connectivity index (χ3n) is 3.39. The van der Waals surface area contributed by atoms with Crippen molar-refractivity contribution in [2.75, 3.05) is 0 Å². The molecule has 0 N–H and O–H groups in total. The van der Waals surface area contributed by atoms with Crippen LogP contribution in [-0.4, -0.2) is 8.07 Å². The molecule has 0 amide bonds. The Kier molecular flexibility index (Phi) is 3.39. The SMILES string of the molecule is CC(C)C[Si](C)(C)C1CCCC1. The van der Waals surface area contributed by atoms with Crippen LogP contribution >= 0.6 is 0 Å². The van der Waals surface area contributed by atoms with Crippen LogP contribution in [-0.2, 0) is 0 Å². The molecule has 1 aliphatic rings. The minimum Gasteiger partial charge on any atom is -0.0691 e.